The number of carbonyl (C=O) groups is 2. The Kier molecular flexibility index (Phi) is 13.1. The number of halogens is 3. The number of hydrogen-bond acceptors (Lipinski definition) is 4. The Morgan fingerprint density at radius 2 is 1.75 bits per heavy atom. The molecule has 1 aromatic rings. The van der Waals surface area contributed by atoms with Crippen molar-refractivity contribution in [2.24, 2.45) is 0 Å². The zero-order valence-electron chi connectivity index (χ0n) is 13.8. The van der Waals surface area contributed by atoms with Gasteiger partial charge in [0.15, 0.2) is 0 Å². The second-order valence-electron chi connectivity index (χ2n) is 4.66. The summed E-state index contributed by atoms with van der Waals surface area (Å²) in [5.74, 6) is -0.460. The molecule has 0 spiro atoms. The molecule has 1 amide bonds. The minimum Gasteiger partial charge on any atom is -0.550 e. The standard InChI is InChI=1S/C15H18I3NO4.Na/c1-3-19(4-2)15(22)12-9(16)8-10(17)14(13(12)18)23-7-5-6-11(20)21;/h8H,3-7H2,1-2H3,(H,20,21);/q;+1/p-1. The molecule has 0 aliphatic heterocycles. The number of rotatable bonds is 8. The van der Waals surface area contributed by atoms with Crippen molar-refractivity contribution in [1.29, 1.82) is 0 Å². The Bertz CT molecular complexity index is 595. The Balaban J connectivity index is 0.00000529. The molecule has 0 saturated heterocycles. The second kappa shape index (κ2) is 12.5. The molecule has 0 aromatic heterocycles. The van der Waals surface area contributed by atoms with Crippen molar-refractivity contribution < 1.29 is 49.0 Å². The molecule has 0 aliphatic rings. The molecule has 9 heteroatoms. The fourth-order valence-corrected chi connectivity index (χ4v) is 6.10. The Morgan fingerprint density at radius 1 is 1.17 bits per heavy atom. The van der Waals surface area contributed by atoms with Gasteiger partial charge >= 0.3 is 29.6 Å². The molecule has 1 aromatic carbocycles. The molecule has 0 N–H and O–H groups in total. The first-order chi connectivity index (χ1) is 10.8. The van der Waals surface area contributed by atoms with Crippen molar-refractivity contribution in [3.05, 3.63) is 22.3 Å². The number of aliphatic carboxylic acids is 1. The Morgan fingerprint density at radius 3 is 2.25 bits per heavy atom. The summed E-state index contributed by atoms with van der Waals surface area (Å²) >= 11 is 6.46. The van der Waals surface area contributed by atoms with Crippen molar-refractivity contribution in [3.8, 4) is 5.75 Å². The molecule has 0 fully saturated rings. The van der Waals surface area contributed by atoms with E-state index in [9.17, 15) is 14.7 Å². The summed E-state index contributed by atoms with van der Waals surface area (Å²) in [4.78, 5) is 24.9. The van der Waals surface area contributed by atoms with E-state index in [0.717, 1.165) is 10.7 Å². The van der Waals surface area contributed by atoms with Crippen LogP contribution in [0.1, 0.15) is 37.0 Å². The minimum absolute atomic E-state index is 0. The van der Waals surface area contributed by atoms with E-state index in [2.05, 4.69) is 67.8 Å². The minimum atomic E-state index is -1.09. The summed E-state index contributed by atoms with van der Waals surface area (Å²) in [5.41, 5.74) is 0.644. The Labute approximate surface area is 205 Å². The Hall–Kier alpha value is 1.15. The number of nitrogens with zero attached hydrogens (tertiary/aromatic N) is 1. The normalized spacial score (nSPS) is 10.0. The van der Waals surface area contributed by atoms with Crippen molar-refractivity contribution in [1.82, 2.24) is 4.90 Å². The van der Waals surface area contributed by atoms with Gasteiger partial charge in [-0.15, -0.1) is 0 Å². The summed E-state index contributed by atoms with van der Waals surface area (Å²) in [6, 6.07) is 1.91. The largest absolute Gasteiger partial charge is 1.00 e. The van der Waals surface area contributed by atoms with Gasteiger partial charge in [-0.3, -0.25) is 4.79 Å². The van der Waals surface area contributed by atoms with Crippen LogP contribution in [0.2, 0.25) is 0 Å². The van der Waals surface area contributed by atoms with E-state index in [4.69, 9.17) is 4.74 Å². The number of carbonyl (C=O) groups excluding carboxylic acids is 2. The van der Waals surface area contributed by atoms with E-state index < -0.39 is 5.97 Å². The molecule has 0 aliphatic carbocycles. The molecule has 24 heavy (non-hydrogen) atoms. The average Bonchev–Trinajstić information content (AvgIpc) is 2.46. The fourth-order valence-electron chi connectivity index (χ4n) is 1.96. The smallest absolute Gasteiger partial charge is 0.550 e. The summed E-state index contributed by atoms with van der Waals surface area (Å²) in [7, 11) is 0. The van der Waals surface area contributed by atoms with Crippen LogP contribution in [0.25, 0.3) is 0 Å². The van der Waals surface area contributed by atoms with Crippen molar-refractivity contribution >= 4 is 79.6 Å². The van der Waals surface area contributed by atoms with Gasteiger partial charge in [-0.2, -0.15) is 0 Å². The van der Waals surface area contributed by atoms with Crippen molar-refractivity contribution in [3.63, 3.8) is 0 Å². The summed E-state index contributed by atoms with van der Waals surface area (Å²) in [6.07, 6.45) is 0.336. The number of ether oxygens (including phenoxy) is 1. The second-order valence-corrected chi connectivity index (χ2v) is 8.06. The molecule has 128 valence electrons. The number of benzene rings is 1. The number of carboxylic acids is 1. The molecule has 0 atom stereocenters. The molecule has 5 nitrogen and oxygen atoms in total. The first-order valence-electron chi connectivity index (χ1n) is 7.12. The molecule has 0 unspecified atom stereocenters. The third-order valence-corrected chi connectivity index (χ3v) is 5.85. The van der Waals surface area contributed by atoms with Crippen molar-refractivity contribution in [2.45, 2.75) is 26.7 Å². The van der Waals surface area contributed by atoms with Gasteiger partial charge in [0.2, 0.25) is 0 Å². The van der Waals surface area contributed by atoms with Crippen LogP contribution in [0.5, 0.6) is 5.75 Å². The molecular formula is C15H17I3NNaO4. The maximum Gasteiger partial charge on any atom is 1.00 e. The predicted molar refractivity (Wildman–Crippen MR) is 112 cm³/mol. The third-order valence-electron chi connectivity index (χ3n) is 3.16. The topological polar surface area (TPSA) is 69.7 Å². The van der Waals surface area contributed by atoms with Gasteiger partial charge in [-0.05, 0) is 101 Å². The average molecular weight is 679 g/mol. The van der Waals surface area contributed by atoms with E-state index in [-0.39, 0.29) is 48.5 Å². The number of hydrogen-bond donors (Lipinski definition) is 0. The van der Waals surface area contributed by atoms with Gasteiger partial charge in [0.1, 0.15) is 5.75 Å². The van der Waals surface area contributed by atoms with Gasteiger partial charge in [-0.1, -0.05) is 0 Å². The molecule has 0 saturated carbocycles. The quantitative estimate of drug-likeness (QED) is 0.219. The SMILES string of the molecule is CCN(CC)C(=O)c1c(I)cc(I)c(OCCCC(=O)[O-])c1I.[Na+]. The van der Waals surface area contributed by atoms with Gasteiger partial charge in [0, 0.05) is 22.6 Å². The molecule has 0 bridgehead atoms. The predicted octanol–water partition coefficient (Wildman–Crippen LogP) is -0.105. The third kappa shape index (κ3) is 7.05. The van der Waals surface area contributed by atoms with E-state index in [1.165, 1.54) is 0 Å². The summed E-state index contributed by atoms with van der Waals surface area (Å²) in [6.45, 7) is 5.47. The van der Waals surface area contributed by atoms with Crippen LogP contribution in [0.15, 0.2) is 6.07 Å². The van der Waals surface area contributed by atoms with Crippen LogP contribution in [0, 0.1) is 10.7 Å². The van der Waals surface area contributed by atoms with Gasteiger partial charge < -0.3 is 19.5 Å². The number of amides is 1. The van der Waals surface area contributed by atoms with Gasteiger partial charge in [0.25, 0.3) is 5.91 Å². The first kappa shape index (κ1) is 25.1. The van der Waals surface area contributed by atoms with Crippen LogP contribution >= 0.6 is 67.8 Å². The molecular weight excluding hydrogens is 662 g/mol. The van der Waals surface area contributed by atoms with Crippen LogP contribution in [-0.4, -0.2) is 36.5 Å². The van der Waals surface area contributed by atoms with Crippen molar-refractivity contribution in [2.75, 3.05) is 19.7 Å². The first-order valence-corrected chi connectivity index (χ1v) is 10.4. The molecule has 0 heterocycles. The van der Waals surface area contributed by atoms with Crippen LogP contribution < -0.4 is 39.4 Å². The van der Waals surface area contributed by atoms with E-state index in [0.29, 0.717) is 30.8 Å². The number of carboxylic acid groups (broad SMARTS) is 1. The van der Waals surface area contributed by atoms with E-state index in [1.807, 2.05) is 19.9 Å². The maximum absolute atomic E-state index is 12.7. The zero-order valence-corrected chi connectivity index (χ0v) is 22.3. The van der Waals surface area contributed by atoms with E-state index in [1.54, 1.807) is 4.90 Å². The summed E-state index contributed by atoms with van der Waals surface area (Å²) in [5, 5.41) is 10.5. The summed E-state index contributed by atoms with van der Waals surface area (Å²) < 4.78 is 8.29. The van der Waals surface area contributed by atoms with Crippen LogP contribution in [0.4, 0.5) is 0 Å². The molecule has 0 radical (unpaired) electrons. The van der Waals surface area contributed by atoms with Crippen LogP contribution in [0.3, 0.4) is 0 Å². The van der Waals surface area contributed by atoms with Gasteiger partial charge in [0.05, 0.1) is 19.3 Å². The zero-order chi connectivity index (χ0) is 17.6. The van der Waals surface area contributed by atoms with Gasteiger partial charge in [-0.25, -0.2) is 0 Å². The monoisotopic (exact) mass is 679 g/mol. The van der Waals surface area contributed by atoms with E-state index >= 15 is 0 Å². The molecule has 1 rings (SSSR count). The maximum atomic E-state index is 12.7. The fraction of sp³-hybridized carbons (Fsp3) is 0.467. The van der Waals surface area contributed by atoms with Crippen LogP contribution in [-0.2, 0) is 4.79 Å².